The highest BCUT2D eigenvalue weighted by atomic mass is 16.6. The summed E-state index contributed by atoms with van der Waals surface area (Å²) in [6.45, 7) is 4.30. The van der Waals surface area contributed by atoms with E-state index < -0.39 is 6.03 Å². The summed E-state index contributed by atoms with van der Waals surface area (Å²) in [5, 5.41) is 2.49. The zero-order valence-corrected chi connectivity index (χ0v) is 13.7. The quantitative estimate of drug-likeness (QED) is 0.848. The average Bonchev–Trinajstić information content (AvgIpc) is 2.60. The minimum atomic E-state index is -0.588. The molecule has 1 aromatic carbocycles. The summed E-state index contributed by atoms with van der Waals surface area (Å²) in [4.78, 5) is 38.1. The second kappa shape index (κ2) is 8.19. The molecule has 0 aromatic heterocycles. The summed E-state index contributed by atoms with van der Waals surface area (Å²) < 4.78 is 4.96. The Morgan fingerprint density at radius 3 is 2.21 bits per heavy atom. The van der Waals surface area contributed by atoms with Gasteiger partial charge in [0, 0.05) is 38.3 Å². The highest BCUT2D eigenvalue weighted by Gasteiger charge is 2.25. The maximum absolute atomic E-state index is 12.5. The number of rotatable bonds is 4. The van der Waals surface area contributed by atoms with Gasteiger partial charge in [-0.25, -0.2) is 9.59 Å². The van der Waals surface area contributed by atoms with Gasteiger partial charge < -0.3 is 25.6 Å². The number of nitrogens with one attached hydrogen (secondary N) is 1. The van der Waals surface area contributed by atoms with Gasteiger partial charge in [-0.05, 0) is 24.6 Å². The number of ether oxygens (including phenoxy) is 1. The van der Waals surface area contributed by atoms with Gasteiger partial charge in [0.15, 0.2) is 0 Å². The molecule has 4 amide bonds. The van der Waals surface area contributed by atoms with Crippen molar-refractivity contribution in [1.29, 1.82) is 0 Å². The van der Waals surface area contributed by atoms with Crippen molar-refractivity contribution in [3.63, 3.8) is 0 Å². The molecule has 0 radical (unpaired) electrons. The smallest absolute Gasteiger partial charge is 0.409 e. The van der Waals surface area contributed by atoms with Crippen molar-refractivity contribution in [2.75, 3.05) is 32.8 Å². The standard InChI is InChI=1S/C16H22N4O4/c1-2-24-16(23)20-9-7-19(8-10-20)14(21)13-5-3-12(4-6-13)11-18-15(17)22/h3-6H,2,7-11H2,1H3,(H3,17,18,22). The molecule has 8 nitrogen and oxygen atoms in total. The zero-order valence-electron chi connectivity index (χ0n) is 13.7. The highest BCUT2D eigenvalue weighted by molar-refractivity contribution is 5.94. The first-order chi connectivity index (χ1) is 11.5. The van der Waals surface area contributed by atoms with Crippen LogP contribution in [0.4, 0.5) is 9.59 Å². The minimum absolute atomic E-state index is 0.0760. The molecule has 1 aliphatic rings. The molecular weight excluding hydrogens is 312 g/mol. The van der Waals surface area contributed by atoms with E-state index in [1.54, 1.807) is 41.0 Å². The molecule has 1 aromatic rings. The third kappa shape index (κ3) is 4.61. The second-order valence-electron chi connectivity index (χ2n) is 5.39. The van der Waals surface area contributed by atoms with E-state index >= 15 is 0 Å². The van der Waals surface area contributed by atoms with Crippen LogP contribution in [0.5, 0.6) is 0 Å². The fourth-order valence-electron chi connectivity index (χ4n) is 2.44. The van der Waals surface area contributed by atoms with Crippen LogP contribution >= 0.6 is 0 Å². The van der Waals surface area contributed by atoms with E-state index in [0.29, 0.717) is 44.9 Å². The van der Waals surface area contributed by atoms with Gasteiger partial charge in [-0.1, -0.05) is 12.1 Å². The number of hydrogen-bond acceptors (Lipinski definition) is 4. The topological polar surface area (TPSA) is 105 Å². The lowest BCUT2D eigenvalue weighted by Gasteiger charge is -2.34. The molecule has 0 unspecified atom stereocenters. The van der Waals surface area contributed by atoms with E-state index in [9.17, 15) is 14.4 Å². The third-order valence-electron chi connectivity index (χ3n) is 3.76. The Hall–Kier alpha value is -2.77. The van der Waals surface area contributed by atoms with Crippen LogP contribution in [0.2, 0.25) is 0 Å². The number of amides is 4. The summed E-state index contributed by atoms with van der Waals surface area (Å²) >= 11 is 0. The van der Waals surface area contributed by atoms with Gasteiger partial charge in [0.25, 0.3) is 5.91 Å². The SMILES string of the molecule is CCOC(=O)N1CCN(C(=O)c2ccc(CNC(N)=O)cc2)CC1. The first-order valence-electron chi connectivity index (χ1n) is 7.84. The van der Waals surface area contributed by atoms with Gasteiger partial charge in [-0.3, -0.25) is 4.79 Å². The molecule has 0 saturated carbocycles. The summed E-state index contributed by atoms with van der Waals surface area (Å²) in [7, 11) is 0. The molecule has 0 spiro atoms. The summed E-state index contributed by atoms with van der Waals surface area (Å²) in [6, 6.07) is 6.40. The molecule has 1 aliphatic heterocycles. The number of carbonyl (C=O) groups is 3. The Morgan fingerprint density at radius 2 is 1.67 bits per heavy atom. The summed E-state index contributed by atoms with van der Waals surface area (Å²) in [5.74, 6) is -0.0760. The van der Waals surface area contributed by atoms with Crippen LogP contribution in [0.1, 0.15) is 22.8 Å². The molecule has 3 N–H and O–H groups in total. The lowest BCUT2D eigenvalue weighted by Crippen LogP contribution is -2.50. The minimum Gasteiger partial charge on any atom is -0.450 e. The van der Waals surface area contributed by atoms with Crippen LogP contribution in [-0.2, 0) is 11.3 Å². The van der Waals surface area contributed by atoms with Crippen molar-refractivity contribution in [3.05, 3.63) is 35.4 Å². The monoisotopic (exact) mass is 334 g/mol. The predicted octanol–water partition coefficient (Wildman–Crippen LogP) is 0.769. The molecule has 24 heavy (non-hydrogen) atoms. The molecule has 0 bridgehead atoms. The molecule has 1 saturated heterocycles. The van der Waals surface area contributed by atoms with Crippen molar-refractivity contribution in [2.45, 2.75) is 13.5 Å². The van der Waals surface area contributed by atoms with Gasteiger partial charge in [-0.2, -0.15) is 0 Å². The first-order valence-corrected chi connectivity index (χ1v) is 7.84. The van der Waals surface area contributed by atoms with Crippen LogP contribution in [0.15, 0.2) is 24.3 Å². The molecule has 8 heteroatoms. The fraction of sp³-hybridized carbons (Fsp3) is 0.438. The van der Waals surface area contributed by atoms with Gasteiger partial charge in [0.1, 0.15) is 0 Å². The van der Waals surface area contributed by atoms with Crippen molar-refractivity contribution >= 4 is 18.0 Å². The Bertz CT molecular complexity index is 595. The van der Waals surface area contributed by atoms with Gasteiger partial charge in [0.2, 0.25) is 0 Å². The maximum Gasteiger partial charge on any atom is 0.409 e. The molecule has 0 aliphatic carbocycles. The first kappa shape index (κ1) is 17.6. The van der Waals surface area contributed by atoms with Crippen molar-refractivity contribution in [2.24, 2.45) is 5.73 Å². The predicted molar refractivity (Wildman–Crippen MR) is 87.4 cm³/mol. The summed E-state index contributed by atoms with van der Waals surface area (Å²) in [5.41, 5.74) is 6.45. The van der Waals surface area contributed by atoms with Gasteiger partial charge >= 0.3 is 12.1 Å². The Kier molecular flexibility index (Phi) is 6.00. The van der Waals surface area contributed by atoms with Gasteiger partial charge in [-0.15, -0.1) is 0 Å². The van der Waals surface area contributed by atoms with E-state index in [4.69, 9.17) is 10.5 Å². The van der Waals surface area contributed by atoms with Crippen LogP contribution in [0, 0.1) is 0 Å². The largest absolute Gasteiger partial charge is 0.450 e. The lowest BCUT2D eigenvalue weighted by molar-refractivity contribution is 0.0570. The Morgan fingerprint density at radius 1 is 1.08 bits per heavy atom. The van der Waals surface area contributed by atoms with Crippen LogP contribution in [0.25, 0.3) is 0 Å². The normalized spacial score (nSPS) is 14.2. The van der Waals surface area contributed by atoms with Crippen molar-refractivity contribution in [1.82, 2.24) is 15.1 Å². The maximum atomic E-state index is 12.5. The molecule has 2 rings (SSSR count). The fourth-order valence-corrected chi connectivity index (χ4v) is 2.44. The number of nitrogens with two attached hydrogens (primary N) is 1. The van der Waals surface area contributed by atoms with E-state index in [1.165, 1.54) is 0 Å². The molecule has 130 valence electrons. The molecule has 0 atom stereocenters. The second-order valence-corrected chi connectivity index (χ2v) is 5.39. The number of carbonyl (C=O) groups excluding carboxylic acids is 3. The van der Waals surface area contributed by atoms with Crippen molar-refractivity contribution < 1.29 is 19.1 Å². The Labute approximate surface area is 140 Å². The number of hydrogen-bond donors (Lipinski definition) is 2. The molecule has 1 heterocycles. The van der Waals surface area contributed by atoms with Crippen LogP contribution in [-0.4, -0.2) is 60.6 Å². The van der Waals surface area contributed by atoms with Crippen LogP contribution in [0.3, 0.4) is 0 Å². The number of benzene rings is 1. The van der Waals surface area contributed by atoms with E-state index in [1.807, 2.05) is 0 Å². The van der Waals surface area contributed by atoms with E-state index in [-0.39, 0.29) is 12.0 Å². The number of urea groups is 1. The third-order valence-corrected chi connectivity index (χ3v) is 3.76. The average molecular weight is 334 g/mol. The number of nitrogens with zero attached hydrogens (tertiary/aromatic N) is 2. The summed E-state index contributed by atoms with van der Waals surface area (Å²) in [6.07, 6.45) is -0.337. The molecular formula is C16H22N4O4. The lowest BCUT2D eigenvalue weighted by atomic mass is 10.1. The number of piperazine rings is 1. The Balaban J connectivity index is 1.88. The van der Waals surface area contributed by atoms with Crippen molar-refractivity contribution in [3.8, 4) is 0 Å². The van der Waals surface area contributed by atoms with E-state index in [0.717, 1.165) is 5.56 Å². The zero-order chi connectivity index (χ0) is 17.5. The van der Waals surface area contributed by atoms with Crippen LogP contribution < -0.4 is 11.1 Å². The number of primary amides is 1. The van der Waals surface area contributed by atoms with E-state index in [2.05, 4.69) is 5.32 Å². The highest BCUT2D eigenvalue weighted by Crippen LogP contribution is 2.11. The van der Waals surface area contributed by atoms with Gasteiger partial charge in [0.05, 0.1) is 6.61 Å². The molecule has 1 fully saturated rings.